The van der Waals surface area contributed by atoms with Gasteiger partial charge in [0.15, 0.2) is 0 Å². The minimum Gasteiger partial charge on any atom is -0.297 e. The summed E-state index contributed by atoms with van der Waals surface area (Å²) in [5, 5.41) is 6.12. The predicted octanol–water partition coefficient (Wildman–Crippen LogP) is 1.25. The number of hydrogen-bond acceptors (Lipinski definition) is 5. The van der Waals surface area contributed by atoms with Gasteiger partial charge in [0, 0.05) is 17.6 Å². The van der Waals surface area contributed by atoms with Crippen LogP contribution in [0.2, 0.25) is 0 Å². The lowest BCUT2D eigenvalue weighted by molar-refractivity contribution is -0.138. The first-order chi connectivity index (χ1) is 8.52. The number of nitrogens with zero attached hydrogens (tertiary/aromatic N) is 2. The van der Waals surface area contributed by atoms with Gasteiger partial charge in [0.1, 0.15) is 5.01 Å². The zero-order valence-corrected chi connectivity index (χ0v) is 11.6. The maximum atomic E-state index is 11.9. The van der Waals surface area contributed by atoms with Gasteiger partial charge in [-0.25, -0.2) is 4.98 Å². The summed E-state index contributed by atoms with van der Waals surface area (Å²) < 4.78 is 0. The number of likely N-dealkylation sites (N-methyl/N-ethyl adjacent to an activating group) is 1. The molecule has 1 aliphatic heterocycles. The van der Waals surface area contributed by atoms with Gasteiger partial charge in [0.05, 0.1) is 18.5 Å². The van der Waals surface area contributed by atoms with Crippen LogP contribution in [-0.4, -0.2) is 34.3 Å². The van der Waals surface area contributed by atoms with E-state index in [-0.39, 0.29) is 24.3 Å². The van der Waals surface area contributed by atoms with E-state index >= 15 is 0 Å². The third kappa shape index (κ3) is 2.44. The quantitative estimate of drug-likeness (QED) is 0.834. The Morgan fingerprint density at radius 1 is 1.61 bits per heavy atom. The van der Waals surface area contributed by atoms with E-state index in [9.17, 15) is 9.59 Å². The average molecular weight is 267 g/mol. The van der Waals surface area contributed by atoms with Crippen molar-refractivity contribution < 1.29 is 9.59 Å². The van der Waals surface area contributed by atoms with Crippen molar-refractivity contribution in [1.29, 1.82) is 0 Å². The fraction of sp³-hybridized carbons (Fsp3) is 0.583. The molecule has 1 fully saturated rings. The molecule has 1 aliphatic rings. The van der Waals surface area contributed by atoms with Gasteiger partial charge in [-0.3, -0.25) is 19.8 Å². The highest BCUT2D eigenvalue weighted by Gasteiger charge is 2.38. The number of likely N-dealkylation sites (tertiary alicyclic amines) is 1. The molecule has 2 rings (SSSR count). The third-order valence-corrected chi connectivity index (χ3v) is 4.16. The molecule has 0 saturated carbocycles. The maximum Gasteiger partial charge on any atom is 0.246 e. The van der Waals surface area contributed by atoms with Crippen LogP contribution in [0.15, 0.2) is 5.38 Å². The van der Waals surface area contributed by atoms with Gasteiger partial charge in [0.25, 0.3) is 0 Å². The normalized spacial score (nSPS) is 21.7. The summed E-state index contributed by atoms with van der Waals surface area (Å²) in [5.74, 6) is -0.217. The fourth-order valence-corrected chi connectivity index (χ4v) is 2.90. The Hall–Kier alpha value is -1.27. The van der Waals surface area contributed by atoms with Gasteiger partial charge < -0.3 is 0 Å². The van der Waals surface area contributed by atoms with Crippen LogP contribution in [0.4, 0.5) is 0 Å². The number of amides is 2. The summed E-state index contributed by atoms with van der Waals surface area (Å²) >= 11 is 1.57. The molecule has 0 aromatic carbocycles. The third-order valence-electron chi connectivity index (χ3n) is 3.02. The predicted molar refractivity (Wildman–Crippen MR) is 69.2 cm³/mol. The highest BCUT2D eigenvalue weighted by atomic mass is 32.1. The number of aromatic nitrogens is 1. The SMILES string of the molecule is CCN1C(=O)CC(NC(C)c2nc(C)cs2)C1=O. The molecule has 1 saturated heterocycles. The van der Waals surface area contributed by atoms with Crippen LogP contribution in [0.1, 0.15) is 37.0 Å². The van der Waals surface area contributed by atoms with E-state index in [2.05, 4.69) is 10.3 Å². The molecule has 1 aromatic heterocycles. The summed E-state index contributed by atoms with van der Waals surface area (Å²) in [7, 11) is 0. The molecule has 2 unspecified atom stereocenters. The van der Waals surface area contributed by atoms with Crippen LogP contribution >= 0.6 is 11.3 Å². The maximum absolute atomic E-state index is 11.9. The molecule has 2 amide bonds. The second kappa shape index (κ2) is 5.16. The van der Waals surface area contributed by atoms with Crippen molar-refractivity contribution in [2.75, 3.05) is 6.54 Å². The largest absolute Gasteiger partial charge is 0.297 e. The minimum atomic E-state index is -0.406. The lowest BCUT2D eigenvalue weighted by atomic mass is 10.2. The van der Waals surface area contributed by atoms with Gasteiger partial charge >= 0.3 is 0 Å². The molecule has 0 aliphatic carbocycles. The van der Waals surface area contributed by atoms with Gasteiger partial charge in [-0.2, -0.15) is 0 Å². The van der Waals surface area contributed by atoms with E-state index in [1.165, 1.54) is 4.90 Å². The summed E-state index contributed by atoms with van der Waals surface area (Å²) in [6, 6.07) is -0.418. The van der Waals surface area contributed by atoms with E-state index in [1.54, 1.807) is 11.3 Å². The van der Waals surface area contributed by atoms with Crippen molar-refractivity contribution in [3.63, 3.8) is 0 Å². The topological polar surface area (TPSA) is 62.3 Å². The van der Waals surface area contributed by atoms with Gasteiger partial charge in [-0.05, 0) is 20.8 Å². The Labute approximate surface area is 110 Å². The standard InChI is InChI=1S/C12H17N3O2S/c1-4-15-10(16)5-9(12(15)17)14-8(3)11-13-7(2)6-18-11/h6,8-9,14H,4-5H2,1-3H3. The van der Waals surface area contributed by atoms with E-state index in [0.29, 0.717) is 6.54 Å². The highest BCUT2D eigenvalue weighted by molar-refractivity contribution is 7.09. The number of hydrogen-bond donors (Lipinski definition) is 1. The summed E-state index contributed by atoms with van der Waals surface area (Å²) in [6.45, 7) is 6.16. The average Bonchev–Trinajstić information content (AvgIpc) is 2.85. The molecular formula is C12H17N3O2S. The van der Waals surface area contributed by atoms with E-state index < -0.39 is 6.04 Å². The van der Waals surface area contributed by atoms with Crippen molar-refractivity contribution in [3.05, 3.63) is 16.1 Å². The summed E-state index contributed by atoms with van der Waals surface area (Å²) in [6.07, 6.45) is 0.251. The van der Waals surface area contributed by atoms with E-state index in [4.69, 9.17) is 0 Å². The molecule has 98 valence electrons. The first kappa shape index (κ1) is 13.2. The smallest absolute Gasteiger partial charge is 0.246 e. The van der Waals surface area contributed by atoms with Gasteiger partial charge in [-0.1, -0.05) is 0 Å². The lowest BCUT2D eigenvalue weighted by Gasteiger charge is -2.16. The number of carbonyl (C=O) groups excluding carboxylic acids is 2. The Bertz CT molecular complexity index is 472. The van der Waals surface area contributed by atoms with Crippen molar-refractivity contribution in [1.82, 2.24) is 15.2 Å². The first-order valence-corrected chi connectivity index (χ1v) is 6.93. The Morgan fingerprint density at radius 3 is 2.83 bits per heavy atom. The molecule has 6 heteroatoms. The Balaban J connectivity index is 2.02. The molecule has 0 bridgehead atoms. The summed E-state index contributed by atoms with van der Waals surface area (Å²) in [5.41, 5.74) is 0.979. The minimum absolute atomic E-state index is 0.0118. The van der Waals surface area contributed by atoms with Crippen LogP contribution in [0.3, 0.4) is 0 Å². The van der Waals surface area contributed by atoms with Crippen LogP contribution in [-0.2, 0) is 9.59 Å². The molecular weight excluding hydrogens is 250 g/mol. The Kier molecular flexibility index (Phi) is 3.77. The van der Waals surface area contributed by atoms with Crippen molar-refractivity contribution in [2.24, 2.45) is 0 Å². The molecule has 0 spiro atoms. The zero-order chi connectivity index (χ0) is 13.3. The van der Waals surface area contributed by atoms with Crippen molar-refractivity contribution >= 4 is 23.2 Å². The van der Waals surface area contributed by atoms with Crippen LogP contribution in [0, 0.1) is 6.92 Å². The molecule has 0 radical (unpaired) electrons. The zero-order valence-electron chi connectivity index (χ0n) is 10.8. The number of thiazole rings is 1. The monoisotopic (exact) mass is 267 g/mol. The molecule has 5 nitrogen and oxygen atoms in total. The molecule has 1 N–H and O–H groups in total. The van der Waals surface area contributed by atoms with Crippen molar-refractivity contribution in [2.45, 2.75) is 39.3 Å². The van der Waals surface area contributed by atoms with Gasteiger partial charge in [0.2, 0.25) is 11.8 Å². The van der Waals surface area contributed by atoms with Crippen LogP contribution in [0.25, 0.3) is 0 Å². The second-order valence-electron chi connectivity index (χ2n) is 4.45. The van der Waals surface area contributed by atoms with Crippen LogP contribution in [0.5, 0.6) is 0 Å². The number of rotatable bonds is 4. The van der Waals surface area contributed by atoms with Gasteiger partial charge in [-0.15, -0.1) is 11.3 Å². The first-order valence-electron chi connectivity index (χ1n) is 6.05. The number of carbonyl (C=O) groups is 2. The molecule has 1 aromatic rings. The lowest BCUT2D eigenvalue weighted by Crippen LogP contribution is -2.39. The van der Waals surface area contributed by atoms with E-state index in [0.717, 1.165) is 10.7 Å². The van der Waals surface area contributed by atoms with E-state index in [1.807, 2.05) is 26.2 Å². The van der Waals surface area contributed by atoms with Crippen LogP contribution < -0.4 is 5.32 Å². The highest BCUT2D eigenvalue weighted by Crippen LogP contribution is 2.21. The second-order valence-corrected chi connectivity index (χ2v) is 5.34. The summed E-state index contributed by atoms with van der Waals surface area (Å²) in [4.78, 5) is 29.2. The van der Waals surface area contributed by atoms with Crippen molar-refractivity contribution in [3.8, 4) is 0 Å². The number of imide groups is 1. The fourth-order valence-electron chi connectivity index (χ4n) is 2.09. The molecule has 18 heavy (non-hydrogen) atoms. The number of nitrogens with one attached hydrogen (secondary N) is 1. The number of aryl methyl sites for hydroxylation is 1. The molecule has 2 atom stereocenters. The Morgan fingerprint density at radius 2 is 2.33 bits per heavy atom. The molecule has 2 heterocycles.